The van der Waals surface area contributed by atoms with Crippen molar-refractivity contribution in [1.29, 1.82) is 0 Å². The number of alkyl halides is 3. The maximum atomic E-state index is 13.7. The summed E-state index contributed by atoms with van der Waals surface area (Å²) in [7, 11) is 0. The third-order valence-electron chi connectivity index (χ3n) is 5.53. The van der Waals surface area contributed by atoms with E-state index in [1.54, 1.807) is 17.0 Å². The molecule has 1 aliphatic heterocycles. The fourth-order valence-electron chi connectivity index (χ4n) is 4.06. The average Bonchev–Trinajstić information content (AvgIpc) is 3.52. The molecule has 4 aromatic rings. The van der Waals surface area contributed by atoms with Crippen molar-refractivity contribution in [3.63, 3.8) is 0 Å². The van der Waals surface area contributed by atoms with Gasteiger partial charge in [0, 0.05) is 6.54 Å². The van der Waals surface area contributed by atoms with Crippen LogP contribution >= 0.6 is 0 Å². The molecular weight excluding hydrogens is 428 g/mol. The van der Waals surface area contributed by atoms with Crippen LogP contribution in [-0.4, -0.2) is 31.9 Å². The number of furan rings is 1. The van der Waals surface area contributed by atoms with E-state index in [1.807, 2.05) is 0 Å². The summed E-state index contributed by atoms with van der Waals surface area (Å²) in [6.45, 7) is 0.419. The predicted molar refractivity (Wildman–Crippen MR) is 105 cm³/mol. The van der Waals surface area contributed by atoms with Gasteiger partial charge in [-0.3, -0.25) is 4.79 Å². The highest BCUT2D eigenvalue weighted by atomic mass is 19.4. The zero-order valence-electron chi connectivity index (χ0n) is 16.5. The largest absolute Gasteiger partial charge is 0.463 e. The topological polar surface area (TPSA) is 63.6 Å². The van der Waals surface area contributed by atoms with E-state index in [4.69, 9.17) is 4.42 Å². The average molecular weight is 444 g/mol. The smallest absolute Gasteiger partial charge is 0.433 e. The summed E-state index contributed by atoms with van der Waals surface area (Å²) in [4.78, 5) is 19.2. The fourth-order valence-corrected chi connectivity index (χ4v) is 4.06. The molecule has 1 atom stereocenters. The van der Waals surface area contributed by atoms with Crippen LogP contribution in [0.3, 0.4) is 0 Å². The van der Waals surface area contributed by atoms with Crippen molar-refractivity contribution >= 4 is 11.6 Å². The highest BCUT2D eigenvalue weighted by Gasteiger charge is 2.38. The van der Waals surface area contributed by atoms with Crippen molar-refractivity contribution in [2.45, 2.75) is 25.1 Å². The highest BCUT2D eigenvalue weighted by molar-refractivity contribution is 6.00. The molecule has 0 spiro atoms. The van der Waals surface area contributed by atoms with Crippen molar-refractivity contribution in [3.8, 4) is 11.5 Å². The Balaban J connectivity index is 1.60. The number of fused-ring (bicyclic) bond motifs is 1. The van der Waals surface area contributed by atoms with Crippen LogP contribution in [0.5, 0.6) is 0 Å². The minimum absolute atomic E-state index is 0.0436. The van der Waals surface area contributed by atoms with E-state index in [2.05, 4.69) is 10.1 Å². The maximum Gasteiger partial charge on any atom is 0.433 e. The lowest BCUT2D eigenvalue weighted by atomic mass is 10.0. The molecule has 6 nitrogen and oxygen atoms in total. The van der Waals surface area contributed by atoms with Gasteiger partial charge in [-0.05, 0) is 48.7 Å². The third kappa shape index (κ3) is 3.41. The van der Waals surface area contributed by atoms with Gasteiger partial charge in [0.15, 0.2) is 17.1 Å². The van der Waals surface area contributed by atoms with E-state index in [-0.39, 0.29) is 34.5 Å². The molecule has 1 amide bonds. The molecular formula is C22H16F4N4O2. The molecule has 0 aliphatic carbocycles. The lowest BCUT2D eigenvalue weighted by molar-refractivity contribution is -0.142. The van der Waals surface area contributed by atoms with Gasteiger partial charge in [-0.1, -0.05) is 12.1 Å². The normalized spacial score (nSPS) is 16.8. The van der Waals surface area contributed by atoms with Gasteiger partial charge in [-0.25, -0.2) is 13.9 Å². The molecule has 164 valence electrons. The highest BCUT2D eigenvalue weighted by Crippen LogP contribution is 2.36. The van der Waals surface area contributed by atoms with Crippen LogP contribution in [0.1, 0.15) is 40.5 Å². The SMILES string of the molecule is O=C(c1cnn2c(C(F)(F)F)cc(-c3ccco3)nc12)N1CCC[C@@H]1c1ccc(F)cc1. The van der Waals surface area contributed by atoms with E-state index in [0.29, 0.717) is 23.9 Å². The van der Waals surface area contributed by atoms with E-state index >= 15 is 0 Å². The van der Waals surface area contributed by atoms with Crippen LogP contribution in [0.15, 0.2) is 59.3 Å². The summed E-state index contributed by atoms with van der Waals surface area (Å²) >= 11 is 0. The maximum absolute atomic E-state index is 13.7. The molecule has 0 unspecified atom stereocenters. The van der Waals surface area contributed by atoms with Crippen LogP contribution in [0.4, 0.5) is 17.6 Å². The number of hydrogen-bond acceptors (Lipinski definition) is 4. The van der Waals surface area contributed by atoms with Gasteiger partial charge < -0.3 is 9.32 Å². The van der Waals surface area contributed by atoms with Gasteiger partial charge in [0.1, 0.15) is 17.1 Å². The molecule has 10 heteroatoms. The van der Waals surface area contributed by atoms with Crippen LogP contribution in [-0.2, 0) is 6.18 Å². The number of hydrogen-bond donors (Lipinski definition) is 0. The van der Waals surface area contributed by atoms with E-state index in [1.165, 1.54) is 30.5 Å². The minimum Gasteiger partial charge on any atom is -0.463 e. The van der Waals surface area contributed by atoms with E-state index in [0.717, 1.165) is 17.8 Å². The Hall–Kier alpha value is -3.69. The summed E-state index contributed by atoms with van der Waals surface area (Å²) in [5, 5.41) is 3.82. The van der Waals surface area contributed by atoms with Crippen molar-refractivity contribution in [2.75, 3.05) is 6.54 Å². The molecule has 1 aliphatic rings. The predicted octanol–water partition coefficient (Wildman–Crippen LogP) is 5.12. The zero-order chi connectivity index (χ0) is 22.5. The number of likely N-dealkylation sites (tertiary alicyclic amines) is 1. The Labute approximate surface area is 179 Å². The molecule has 5 rings (SSSR count). The second-order valence-electron chi connectivity index (χ2n) is 7.50. The van der Waals surface area contributed by atoms with Crippen LogP contribution in [0, 0.1) is 5.82 Å². The lowest BCUT2D eigenvalue weighted by Crippen LogP contribution is -2.30. The summed E-state index contributed by atoms with van der Waals surface area (Å²) in [6.07, 6.45) is -0.916. The Morgan fingerprint density at radius 3 is 2.62 bits per heavy atom. The molecule has 0 radical (unpaired) electrons. The first-order valence-corrected chi connectivity index (χ1v) is 9.89. The van der Waals surface area contributed by atoms with Gasteiger partial charge in [0.25, 0.3) is 5.91 Å². The summed E-state index contributed by atoms with van der Waals surface area (Å²) in [6, 6.07) is 9.40. The quantitative estimate of drug-likeness (QED) is 0.411. The number of benzene rings is 1. The molecule has 1 fully saturated rings. The van der Waals surface area contributed by atoms with Gasteiger partial charge >= 0.3 is 6.18 Å². The Morgan fingerprint density at radius 1 is 1.16 bits per heavy atom. The van der Waals surface area contributed by atoms with Crippen molar-refractivity contribution in [3.05, 3.63) is 77.6 Å². The summed E-state index contributed by atoms with van der Waals surface area (Å²) in [5.41, 5.74) is -0.613. The molecule has 0 saturated carbocycles. The first-order chi connectivity index (χ1) is 15.3. The number of amides is 1. The van der Waals surface area contributed by atoms with Crippen molar-refractivity contribution in [1.82, 2.24) is 19.5 Å². The second kappa shape index (κ2) is 7.47. The number of carbonyl (C=O) groups is 1. The van der Waals surface area contributed by atoms with Crippen LogP contribution < -0.4 is 0 Å². The number of nitrogens with zero attached hydrogens (tertiary/aromatic N) is 4. The van der Waals surface area contributed by atoms with E-state index < -0.39 is 17.8 Å². The molecule has 0 N–H and O–H groups in total. The first kappa shape index (κ1) is 20.2. The zero-order valence-corrected chi connectivity index (χ0v) is 16.5. The summed E-state index contributed by atoms with van der Waals surface area (Å²) < 4.78 is 60.3. The molecule has 1 saturated heterocycles. The van der Waals surface area contributed by atoms with Crippen LogP contribution in [0.25, 0.3) is 17.1 Å². The Morgan fingerprint density at radius 2 is 1.94 bits per heavy atom. The summed E-state index contributed by atoms with van der Waals surface area (Å²) in [5.74, 6) is -0.728. The van der Waals surface area contributed by atoms with Gasteiger partial charge in [0.2, 0.25) is 0 Å². The number of halogens is 4. The number of carbonyl (C=O) groups excluding carboxylic acids is 1. The van der Waals surface area contributed by atoms with Crippen molar-refractivity contribution < 1.29 is 26.8 Å². The molecule has 1 aromatic carbocycles. The molecule has 32 heavy (non-hydrogen) atoms. The minimum atomic E-state index is -4.72. The van der Waals surface area contributed by atoms with Gasteiger partial charge in [-0.2, -0.15) is 18.3 Å². The fraction of sp³-hybridized carbons (Fsp3) is 0.227. The molecule has 0 bridgehead atoms. The second-order valence-corrected chi connectivity index (χ2v) is 7.50. The Bertz CT molecular complexity index is 1280. The van der Waals surface area contributed by atoms with Gasteiger partial charge in [0.05, 0.1) is 18.5 Å². The number of rotatable bonds is 3. The number of aromatic nitrogens is 3. The lowest BCUT2D eigenvalue weighted by Gasteiger charge is -2.24. The van der Waals surface area contributed by atoms with Crippen molar-refractivity contribution in [2.24, 2.45) is 0 Å². The Kier molecular flexibility index (Phi) is 4.72. The monoisotopic (exact) mass is 444 g/mol. The standard InChI is InChI=1S/C22H16F4N4O2/c23-14-7-5-13(6-8-14)17-3-1-9-29(17)21(31)15-12-27-30-19(22(24,25)26)11-16(28-20(15)30)18-4-2-10-32-18/h2,4-8,10-12,17H,1,3,9H2/t17-/m1/s1. The molecule has 3 aromatic heterocycles. The van der Waals surface area contributed by atoms with Crippen LogP contribution in [0.2, 0.25) is 0 Å². The first-order valence-electron chi connectivity index (χ1n) is 9.89. The third-order valence-corrected chi connectivity index (χ3v) is 5.53. The van der Waals surface area contributed by atoms with Gasteiger partial charge in [-0.15, -0.1) is 0 Å². The molecule has 4 heterocycles. The van der Waals surface area contributed by atoms with E-state index in [9.17, 15) is 22.4 Å².